The average Bonchev–Trinajstić information content (AvgIpc) is 3.65. The molecule has 1 aliphatic carbocycles. The van der Waals surface area contributed by atoms with Crippen LogP contribution in [0.4, 0.5) is 0 Å². The summed E-state index contributed by atoms with van der Waals surface area (Å²) < 4.78 is 11.7. The third-order valence-electron chi connectivity index (χ3n) is 6.74. The maximum atomic E-state index is 13.5. The number of aliphatic hydroxyl groups excluding tert-OH is 1. The lowest BCUT2D eigenvalue weighted by Crippen LogP contribution is -2.44. The minimum atomic E-state index is -0.0617. The summed E-state index contributed by atoms with van der Waals surface area (Å²) in [6, 6.07) is 5.45. The summed E-state index contributed by atoms with van der Waals surface area (Å²) in [5.74, 6) is 1.68. The summed E-state index contributed by atoms with van der Waals surface area (Å²) in [5.41, 5.74) is 0.515. The normalized spacial score (nSPS) is 22.3. The molecule has 0 bridgehead atoms. The van der Waals surface area contributed by atoms with Gasteiger partial charge in [0.2, 0.25) is 5.91 Å². The third kappa shape index (κ3) is 5.14. The van der Waals surface area contributed by atoms with E-state index in [1.807, 2.05) is 21.9 Å². The van der Waals surface area contributed by atoms with Gasteiger partial charge in [-0.2, -0.15) is 0 Å². The first kappa shape index (κ1) is 21.9. The Morgan fingerprint density at radius 2 is 1.84 bits per heavy atom. The van der Waals surface area contributed by atoms with Gasteiger partial charge in [0.05, 0.1) is 12.7 Å². The van der Waals surface area contributed by atoms with E-state index in [0.717, 1.165) is 44.9 Å². The monoisotopic (exact) mass is 430 g/mol. The number of piperidine rings is 2. The third-order valence-corrected chi connectivity index (χ3v) is 6.74. The molecule has 1 atom stereocenters. The van der Waals surface area contributed by atoms with Gasteiger partial charge in [-0.25, -0.2) is 0 Å². The Hall–Kier alpha value is -2.28. The Bertz CT molecular complexity index is 784. The summed E-state index contributed by atoms with van der Waals surface area (Å²) in [5, 5.41) is 9.43. The van der Waals surface area contributed by atoms with Crippen LogP contribution < -0.4 is 9.47 Å². The lowest BCUT2D eigenvalue weighted by atomic mass is 9.98. The van der Waals surface area contributed by atoms with Crippen LogP contribution in [0.5, 0.6) is 11.5 Å². The number of nitrogens with zero attached hydrogens (tertiary/aromatic N) is 2. The van der Waals surface area contributed by atoms with Crippen LogP contribution in [0.2, 0.25) is 0 Å². The molecule has 7 nitrogen and oxygen atoms in total. The Labute approximate surface area is 184 Å². The van der Waals surface area contributed by atoms with E-state index in [1.165, 1.54) is 0 Å². The zero-order valence-electron chi connectivity index (χ0n) is 18.4. The van der Waals surface area contributed by atoms with Gasteiger partial charge in [-0.1, -0.05) is 0 Å². The maximum Gasteiger partial charge on any atom is 0.258 e. The molecule has 1 unspecified atom stereocenters. The van der Waals surface area contributed by atoms with Gasteiger partial charge in [0.15, 0.2) is 0 Å². The highest BCUT2D eigenvalue weighted by Crippen LogP contribution is 2.33. The van der Waals surface area contributed by atoms with Crippen LogP contribution in [0.3, 0.4) is 0 Å². The van der Waals surface area contributed by atoms with Gasteiger partial charge in [0, 0.05) is 51.0 Å². The van der Waals surface area contributed by atoms with Crippen LogP contribution in [-0.2, 0) is 4.79 Å². The van der Waals surface area contributed by atoms with Gasteiger partial charge < -0.3 is 24.4 Å². The summed E-state index contributed by atoms with van der Waals surface area (Å²) >= 11 is 0. The van der Waals surface area contributed by atoms with Crippen LogP contribution in [-0.4, -0.2) is 72.2 Å². The van der Waals surface area contributed by atoms with E-state index in [2.05, 4.69) is 0 Å². The number of aliphatic hydroxyl groups is 1. The quantitative estimate of drug-likeness (QED) is 0.720. The molecule has 31 heavy (non-hydrogen) atoms. The SMILES string of the molecule is COc1ccc(OC2CCN(C(=O)C3CC3)CC2)c(C(=O)N2CCCCC2CCO)c1. The molecular formula is C24H34N2O5. The zero-order chi connectivity index (χ0) is 21.8. The number of rotatable bonds is 7. The molecule has 170 valence electrons. The number of benzene rings is 1. The fraction of sp³-hybridized carbons (Fsp3) is 0.667. The summed E-state index contributed by atoms with van der Waals surface area (Å²) in [6.07, 6.45) is 7.15. The average molecular weight is 431 g/mol. The fourth-order valence-corrected chi connectivity index (χ4v) is 4.74. The van der Waals surface area contributed by atoms with E-state index < -0.39 is 0 Å². The second-order valence-electron chi connectivity index (χ2n) is 8.94. The number of carbonyl (C=O) groups is 2. The molecule has 2 heterocycles. The predicted molar refractivity (Wildman–Crippen MR) is 116 cm³/mol. The van der Waals surface area contributed by atoms with Crippen molar-refractivity contribution in [1.82, 2.24) is 9.80 Å². The highest BCUT2D eigenvalue weighted by molar-refractivity contribution is 5.97. The first-order chi connectivity index (χ1) is 15.1. The standard InChI is InChI=1S/C24H34N2O5/c1-30-20-7-8-22(31-19-9-13-25(14-10-19)23(28)17-5-6-17)21(16-20)24(29)26-12-3-2-4-18(26)11-15-27/h7-8,16-19,27H,2-6,9-15H2,1H3. The Kier molecular flexibility index (Phi) is 7.00. The molecule has 1 aromatic rings. The van der Waals surface area contributed by atoms with E-state index >= 15 is 0 Å². The first-order valence-corrected chi connectivity index (χ1v) is 11.7. The number of likely N-dealkylation sites (tertiary alicyclic amines) is 2. The summed E-state index contributed by atoms with van der Waals surface area (Å²) in [7, 11) is 1.59. The summed E-state index contributed by atoms with van der Waals surface area (Å²) in [6.45, 7) is 2.20. The Morgan fingerprint density at radius 3 is 2.52 bits per heavy atom. The van der Waals surface area contributed by atoms with Crippen LogP contribution >= 0.6 is 0 Å². The number of carbonyl (C=O) groups excluding carboxylic acids is 2. The molecule has 1 N–H and O–H groups in total. The van der Waals surface area contributed by atoms with Gasteiger partial charge in [0.1, 0.15) is 17.6 Å². The van der Waals surface area contributed by atoms with Crippen LogP contribution in [0.15, 0.2) is 18.2 Å². The van der Waals surface area contributed by atoms with Gasteiger partial charge >= 0.3 is 0 Å². The van der Waals surface area contributed by atoms with Crippen molar-refractivity contribution >= 4 is 11.8 Å². The highest BCUT2D eigenvalue weighted by Gasteiger charge is 2.35. The molecule has 4 rings (SSSR count). The molecule has 3 fully saturated rings. The van der Waals surface area contributed by atoms with Gasteiger partial charge in [-0.3, -0.25) is 9.59 Å². The van der Waals surface area contributed by atoms with E-state index in [0.29, 0.717) is 49.0 Å². The maximum absolute atomic E-state index is 13.5. The number of hydrogen-bond acceptors (Lipinski definition) is 5. The molecule has 1 aromatic carbocycles. The Morgan fingerprint density at radius 1 is 1.06 bits per heavy atom. The van der Waals surface area contributed by atoms with Gasteiger partial charge in [-0.15, -0.1) is 0 Å². The molecule has 7 heteroatoms. The number of ether oxygens (including phenoxy) is 2. The minimum Gasteiger partial charge on any atom is -0.497 e. The number of amides is 2. The van der Waals surface area contributed by atoms with Crippen molar-refractivity contribution in [2.75, 3.05) is 33.4 Å². The minimum absolute atomic E-state index is 0.0159. The van der Waals surface area contributed by atoms with Gasteiger partial charge in [-0.05, 0) is 56.7 Å². The smallest absolute Gasteiger partial charge is 0.258 e. The summed E-state index contributed by atoms with van der Waals surface area (Å²) in [4.78, 5) is 29.6. The number of methoxy groups -OCH3 is 1. The molecule has 1 saturated carbocycles. The molecule has 2 aliphatic heterocycles. The lowest BCUT2D eigenvalue weighted by molar-refractivity contribution is -0.134. The van der Waals surface area contributed by atoms with Crippen molar-refractivity contribution in [1.29, 1.82) is 0 Å². The second-order valence-corrected chi connectivity index (χ2v) is 8.94. The zero-order valence-corrected chi connectivity index (χ0v) is 18.4. The van der Waals surface area contributed by atoms with Crippen LogP contribution in [0, 0.1) is 5.92 Å². The Balaban J connectivity index is 1.46. The van der Waals surface area contributed by atoms with Crippen molar-refractivity contribution in [2.45, 2.75) is 63.5 Å². The van der Waals surface area contributed by atoms with Crippen molar-refractivity contribution < 1.29 is 24.2 Å². The van der Waals surface area contributed by atoms with Gasteiger partial charge in [0.25, 0.3) is 5.91 Å². The number of hydrogen-bond donors (Lipinski definition) is 1. The molecule has 0 aromatic heterocycles. The molecule has 0 spiro atoms. The van der Waals surface area contributed by atoms with Crippen molar-refractivity contribution in [3.05, 3.63) is 23.8 Å². The molecule has 0 radical (unpaired) electrons. The van der Waals surface area contributed by atoms with Crippen molar-refractivity contribution in [2.24, 2.45) is 5.92 Å². The van der Waals surface area contributed by atoms with Crippen molar-refractivity contribution in [3.8, 4) is 11.5 Å². The predicted octanol–water partition coefficient (Wildman–Crippen LogP) is 2.85. The van der Waals surface area contributed by atoms with Crippen LogP contribution in [0.1, 0.15) is 61.7 Å². The van der Waals surface area contributed by atoms with E-state index in [9.17, 15) is 14.7 Å². The van der Waals surface area contributed by atoms with E-state index in [4.69, 9.17) is 9.47 Å². The molecule has 2 saturated heterocycles. The van der Waals surface area contributed by atoms with Crippen LogP contribution in [0.25, 0.3) is 0 Å². The lowest BCUT2D eigenvalue weighted by Gasteiger charge is -2.36. The van der Waals surface area contributed by atoms with E-state index in [-0.39, 0.29) is 30.6 Å². The molecule has 2 amide bonds. The second kappa shape index (κ2) is 9.90. The van der Waals surface area contributed by atoms with E-state index in [1.54, 1.807) is 13.2 Å². The molecule has 3 aliphatic rings. The fourth-order valence-electron chi connectivity index (χ4n) is 4.74. The molecular weight excluding hydrogens is 396 g/mol. The topological polar surface area (TPSA) is 79.3 Å². The van der Waals surface area contributed by atoms with Crippen molar-refractivity contribution in [3.63, 3.8) is 0 Å². The largest absolute Gasteiger partial charge is 0.497 e. The first-order valence-electron chi connectivity index (χ1n) is 11.7. The highest BCUT2D eigenvalue weighted by atomic mass is 16.5.